The molecule has 1 aromatic carbocycles. The molecule has 6 heteroatoms. The second kappa shape index (κ2) is 10.7. The number of aryl methyl sites for hydroxylation is 1. The highest BCUT2D eigenvalue weighted by Gasteiger charge is 2.20. The predicted molar refractivity (Wildman–Crippen MR) is 97.0 cm³/mol. The van der Waals surface area contributed by atoms with E-state index in [1.807, 2.05) is 24.3 Å². The zero-order valence-electron chi connectivity index (χ0n) is 13.1. The Labute approximate surface area is 145 Å². The highest BCUT2D eigenvalue weighted by Crippen LogP contribution is 2.13. The van der Waals surface area contributed by atoms with Gasteiger partial charge < -0.3 is 16.0 Å². The molecular formula is C16H27Cl2N3O. The number of anilines is 1. The number of halogens is 2. The lowest BCUT2D eigenvalue weighted by atomic mass is 10.0. The summed E-state index contributed by atoms with van der Waals surface area (Å²) in [6.45, 7) is 5.37. The average molecular weight is 348 g/mol. The van der Waals surface area contributed by atoms with Crippen molar-refractivity contribution in [3.05, 3.63) is 29.8 Å². The highest BCUT2D eigenvalue weighted by atomic mass is 35.5. The first kappa shape index (κ1) is 21.0. The maximum absolute atomic E-state index is 12.0. The largest absolute Gasteiger partial charge is 0.399 e. The van der Waals surface area contributed by atoms with E-state index in [-0.39, 0.29) is 30.7 Å². The second-order valence-corrected chi connectivity index (χ2v) is 5.50. The number of piperidine rings is 1. The number of carbonyl (C=O) groups excluding carboxylic acids is 1. The molecule has 0 spiro atoms. The fourth-order valence-corrected chi connectivity index (χ4v) is 2.77. The Hall–Kier alpha value is -0.970. The third kappa shape index (κ3) is 6.42. The number of likely N-dealkylation sites (tertiary alicyclic amines) is 1. The summed E-state index contributed by atoms with van der Waals surface area (Å²) in [5.74, 6) is 0.135. The fourth-order valence-electron chi connectivity index (χ4n) is 2.77. The van der Waals surface area contributed by atoms with Gasteiger partial charge in [0, 0.05) is 24.7 Å². The summed E-state index contributed by atoms with van der Waals surface area (Å²) in [5.41, 5.74) is 7.72. The Morgan fingerprint density at radius 1 is 1.36 bits per heavy atom. The van der Waals surface area contributed by atoms with E-state index in [0.29, 0.717) is 18.9 Å². The number of nitrogens with one attached hydrogen (secondary N) is 1. The third-order valence-corrected chi connectivity index (χ3v) is 3.99. The van der Waals surface area contributed by atoms with Gasteiger partial charge in [-0.15, -0.1) is 24.8 Å². The molecule has 1 aromatic rings. The molecule has 2 rings (SSSR count). The van der Waals surface area contributed by atoms with Crippen molar-refractivity contribution < 1.29 is 4.79 Å². The number of hydrogen-bond acceptors (Lipinski definition) is 3. The van der Waals surface area contributed by atoms with Gasteiger partial charge in [-0.25, -0.2) is 0 Å². The van der Waals surface area contributed by atoms with E-state index in [1.165, 1.54) is 6.42 Å². The zero-order valence-corrected chi connectivity index (χ0v) is 14.7. The Kier molecular flexibility index (Phi) is 10.2. The lowest BCUT2D eigenvalue weighted by Crippen LogP contribution is -2.47. The van der Waals surface area contributed by atoms with Gasteiger partial charge >= 0.3 is 0 Å². The standard InChI is InChI=1S/C16H25N3O.2ClH/c1-2-19-11-5-7-14(12-19)18-16(20)10-9-13-6-3-4-8-15(13)17;;/h3-4,6,8,14H,2,5,7,9-12,17H2,1H3,(H,18,20);2*1H. The van der Waals surface area contributed by atoms with Gasteiger partial charge in [0.05, 0.1) is 0 Å². The summed E-state index contributed by atoms with van der Waals surface area (Å²) in [6, 6.07) is 8.06. The molecule has 3 N–H and O–H groups in total. The first-order chi connectivity index (χ1) is 9.69. The quantitative estimate of drug-likeness (QED) is 0.805. The van der Waals surface area contributed by atoms with Crippen molar-refractivity contribution in [2.45, 2.75) is 38.6 Å². The second-order valence-electron chi connectivity index (χ2n) is 5.50. The van der Waals surface area contributed by atoms with Crippen LogP contribution in [0.5, 0.6) is 0 Å². The molecule has 1 saturated heterocycles. The number of para-hydroxylation sites is 1. The van der Waals surface area contributed by atoms with Gasteiger partial charge in [-0.2, -0.15) is 0 Å². The monoisotopic (exact) mass is 347 g/mol. The molecule has 0 bridgehead atoms. The molecule has 0 radical (unpaired) electrons. The van der Waals surface area contributed by atoms with E-state index in [1.54, 1.807) is 0 Å². The molecule has 1 atom stereocenters. The summed E-state index contributed by atoms with van der Waals surface area (Å²) < 4.78 is 0. The summed E-state index contributed by atoms with van der Waals surface area (Å²) in [6.07, 6.45) is 3.49. The zero-order chi connectivity index (χ0) is 14.4. The van der Waals surface area contributed by atoms with Crippen LogP contribution in [0.3, 0.4) is 0 Å². The lowest BCUT2D eigenvalue weighted by molar-refractivity contribution is -0.122. The number of nitrogens with zero attached hydrogens (tertiary/aromatic N) is 1. The molecule has 1 aliphatic heterocycles. The molecule has 0 aromatic heterocycles. The van der Waals surface area contributed by atoms with Crippen LogP contribution in [-0.2, 0) is 11.2 Å². The van der Waals surface area contributed by atoms with E-state index < -0.39 is 0 Å². The van der Waals surface area contributed by atoms with Gasteiger partial charge in [-0.05, 0) is 44.0 Å². The van der Waals surface area contributed by atoms with Crippen molar-refractivity contribution in [2.24, 2.45) is 0 Å². The Balaban J connectivity index is 0.00000220. The Morgan fingerprint density at radius 3 is 2.77 bits per heavy atom. The van der Waals surface area contributed by atoms with E-state index in [2.05, 4.69) is 17.1 Å². The minimum atomic E-state index is 0. The molecule has 1 heterocycles. The van der Waals surface area contributed by atoms with Crippen LogP contribution in [0.15, 0.2) is 24.3 Å². The van der Waals surface area contributed by atoms with Gasteiger partial charge in [0.1, 0.15) is 0 Å². The number of amides is 1. The van der Waals surface area contributed by atoms with Crippen LogP contribution in [0.4, 0.5) is 5.69 Å². The maximum Gasteiger partial charge on any atom is 0.220 e. The predicted octanol–water partition coefficient (Wildman–Crippen LogP) is 2.65. The number of rotatable bonds is 5. The summed E-state index contributed by atoms with van der Waals surface area (Å²) in [5, 5.41) is 3.15. The van der Waals surface area contributed by atoms with E-state index >= 15 is 0 Å². The van der Waals surface area contributed by atoms with Crippen molar-refractivity contribution in [3.8, 4) is 0 Å². The third-order valence-electron chi connectivity index (χ3n) is 3.99. The first-order valence-electron chi connectivity index (χ1n) is 7.54. The van der Waals surface area contributed by atoms with Crippen LogP contribution in [0, 0.1) is 0 Å². The topological polar surface area (TPSA) is 58.4 Å². The van der Waals surface area contributed by atoms with Crippen LogP contribution in [-0.4, -0.2) is 36.5 Å². The summed E-state index contributed by atoms with van der Waals surface area (Å²) in [7, 11) is 0. The van der Waals surface area contributed by atoms with Crippen LogP contribution < -0.4 is 11.1 Å². The molecule has 4 nitrogen and oxygen atoms in total. The van der Waals surface area contributed by atoms with Gasteiger partial charge in [-0.3, -0.25) is 4.79 Å². The van der Waals surface area contributed by atoms with Crippen molar-refractivity contribution in [3.63, 3.8) is 0 Å². The van der Waals surface area contributed by atoms with E-state index in [0.717, 1.165) is 37.3 Å². The smallest absolute Gasteiger partial charge is 0.220 e. The number of carbonyl (C=O) groups is 1. The molecule has 1 unspecified atom stereocenters. The van der Waals surface area contributed by atoms with Gasteiger partial charge in [0.25, 0.3) is 0 Å². The molecule has 22 heavy (non-hydrogen) atoms. The van der Waals surface area contributed by atoms with Crippen LogP contribution >= 0.6 is 24.8 Å². The maximum atomic E-state index is 12.0. The molecular weight excluding hydrogens is 321 g/mol. The molecule has 0 saturated carbocycles. The van der Waals surface area contributed by atoms with Gasteiger partial charge in [0.2, 0.25) is 5.91 Å². The van der Waals surface area contributed by atoms with Crippen LogP contribution in [0.2, 0.25) is 0 Å². The van der Waals surface area contributed by atoms with Crippen LogP contribution in [0.1, 0.15) is 31.7 Å². The van der Waals surface area contributed by atoms with Crippen molar-refractivity contribution in [1.29, 1.82) is 0 Å². The minimum Gasteiger partial charge on any atom is -0.399 e. The van der Waals surface area contributed by atoms with Gasteiger partial charge in [0.15, 0.2) is 0 Å². The van der Waals surface area contributed by atoms with Crippen molar-refractivity contribution in [2.75, 3.05) is 25.4 Å². The molecule has 126 valence electrons. The van der Waals surface area contributed by atoms with Gasteiger partial charge in [-0.1, -0.05) is 25.1 Å². The summed E-state index contributed by atoms with van der Waals surface area (Å²) in [4.78, 5) is 14.4. The molecule has 1 aliphatic rings. The van der Waals surface area contributed by atoms with Crippen molar-refractivity contribution >= 4 is 36.4 Å². The number of nitrogen functional groups attached to an aromatic ring is 1. The summed E-state index contributed by atoms with van der Waals surface area (Å²) >= 11 is 0. The number of nitrogens with two attached hydrogens (primary N) is 1. The number of likely N-dealkylation sites (N-methyl/N-ethyl adjacent to an activating group) is 1. The fraction of sp³-hybridized carbons (Fsp3) is 0.562. The number of benzene rings is 1. The van der Waals surface area contributed by atoms with E-state index in [9.17, 15) is 4.79 Å². The first-order valence-corrected chi connectivity index (χ1v) is 7.54. The van der Waals surface area contributed by atoms with Crippen molar-refractivity contribution in [1.82, 2.24) is 10.2 Å². The number of hydrogen-bond donors (Lipinski definition) is 2. The molecule has 0 aliphatic carbocycles. The molecule has 1 amide bonds. The van der Waals surface area contributed by atoms with Crippen LogP contribution in [0.25, 0.3) is 0 Å². The average Bonchev–Trinajstić information content (AvgIpc) is 2.46. The molecule has 1 fully saturated rings. The SMILES string of the molecule is CCN1CCCC(NC(=O)CCc2ccccc2N)C1.Cl.Cl. The van der Waals surface area contributed by atoms with E-state index in [4.69, 9.17) is 5.73 Å². The normalized spacial score (nSPS) is 18.0. The lowest BCUT2D eigenvalue weighted by Gasteiger charge is -2.32. The Bertz CT molecular complexity index is 457. The Morgan fingerprint density at radius 2 is 2.09 bits per heavy atom. The highest BCUT2D eigenvalue weighted by molar-refractivity contribution is 5.85. The minimum absolute atomic E-state index is 0.